The molecule has 0 fully saturated rings. The number of rotatable bonds is 3. The lowest BCUT2D eigenvalue weighted by atomic mass is 10.1. The third-order valence-electron chi connectivity index (χ3n) is 4.11. The van der Waals surface area contributed by atoms with Gasteiger partial charge in [0.25, 0.3) is 0 Å². The number of aromatic amines is 2. The molecule has 3 N–H and O–H groups in total. The average Bonchev–Trinajstić information content (AvgIpc) is 2.79. The lowest BCUT2D eigenvalue weighted by molar-refractivity contribution is -0.115. The average molecular weight is 327 g/mol. The van der Waals surface area contributed by atoms with Gasteiger partial charge in [0, 0.05) is 28.4 Å². The normalized spacial score (nSPS) is 11.0. The monoisotopic (exact) mass is 327 g/mol. The fraction of sp³-hybridized carbons (Fsp3) is 0.222. The minimum atomic E-state index is -0.338. The predicted octanol–water partition coefficient (Wildman–Crippen LogP) is 3.10. The zero-order chi connectivity index (χ0) is 17.4. The van der Waals surface area contributed by atoms with Crippen LogP contribution in [0.5, 0.6) is 0 Å². The highest BCUT2D eigenvalue weighted by molar-refractivity contribution is 5.97. The van der Waals surface area contributed by atoms with Gasteiger partial charge >= 0.3 is 0 Å². The van der Waals surface area contributed by atoms with Crippen molar-refractivity contribution in [1.29, 1.82) is 0 Å². The first-order valence-electron chi connectivity index (χ1n) is 7.62. The third kappa shape index (κ3) is 2.95. The van der Waals surface area contributed by atoms with E-state index in [2.05, 4.69) is 15.3 Å². The maximum atomic E-state index is 13.5. The van der Waals surface area contributed by atoms with Crippen LogP contribution in [0.2, 0.25) is 0 Å². The predicted molar refractivity (Wildman–Crippen MR) is 91.9 cm³/mol. The van der Waals surface area contributed by atoms with Crippen molar-refractivity contribution in [3.8, 4) is 0 Å². The number of benzene rings is 1. The van der Waals surface area contributed by atoms with Crippen LogP contribution in [0.1, 0.15) is 22.5 Å². The molecule has 3 rings (SSSR count). The van der Waals surface area contributed by atoms with E-state index in [1.165, 1.54) is 18.2 Å². The van der Waals surface area contributed by atoms with E-state index < -0.39 is 0 Å². The van der Waals surface area contributed by atoms with Gasteiger partial charge in [0.1, 0.15) is 5.82 Å². The highest BCUT2D eigenvalue weighted by atomic mass is 19.1. The number of carbonyl (C=O) groups is 1. The van der Waals surface area contributed by atoms with Crippen LogP contribution in [0.3, 0.4) is 0 Å². The molecule has 0 aliphatic heterocycles. The quantitative estimate of drug-likeness (QED) is 0.691. The number of fused-ring (bicyclic) bond motifs is 1. The molecule has 0 saturated carbocycles. The summed E-state index contributed by atoms with van der Waals surface area (Å²) in [6.45, 7) is 5.36. The zero-order valence-electron chi connectivity index (χ0n) is 13.7. The Hall–Kier alpha value is -2.89. The van der Waals surface area contributed by atoms with Gasteiger partial charge in [-0.3, -0.25) is 9.59 Å². The first kappa shape index (κ1) is 16.0. The van der Waals surface area contributed by atoms with Gasteiger partial charge in [-0.25, -0.2) is 4.39 Å². The van der Waals surface area contributed by atoms with E-state index in [4.69, 9.17) is 0 Å². The summed E-state index contributed by atoms with van der Waals surface area (Å²) in [6, 6.07) is 5.91. The Labute approximate surface area is 137 Å². The molecule has 1 amide bonds. The summed E-state index contributed by atoms with van der Waals surface area (Å²) < 4.78 is 13.5. The fourth-order valence-electron chi connectivity index (χ4n) is 2.97. The van der Waals surface area contributed by atoms with Crippen LogP contribution < -0.4 is 10.9 Å². The molecule has 124 valence electrons. The molecule has 0 spiro atoms. The molecule has 0 aliphatic carbocycles. The number of nitrogens with one attached hydrogen (secondary N) is 3. The first-order valence-corrected chi connectivity index (χ1v) is 7.62. The molecule has 1 aromatic carbocycles. The summed E-state index contributed by atoms with van der Waals surface area (Å²) in [5.41, 5.74) is 4.10. The van der Waals surface area contributed by atoms with Crippen LogP contribution in [-0.2, 0) is 11.2 Å². The van der Waals surface area contributed by atoms with Crippen molar-refractivity contribution >= 4 is 22.5 Å². The van der Waals surface area contributed by atoms with Gasteiger partial charge in [-0.2, -0.15) is 0 Å². The summed E-state index contributed by atoms with van der Waals surface area (Å²) in [5.74, 6) is -0.558. The maximum absolute atomic E-state index is 13.5. The van der Waals surface area contributed by atoms with E-state index in [1.54, 1.807) is 19.9 Å². The molecule has 0 aliphatic rings. The molecule has 5 nitrogen and oxygen atoms in total. The lowest BCUT2D eigenvalue weighted by Crippen LogP contribution is -2.19. The minimum Gasteiger partial charge on any atom is -0.358 e. The van der Waals surface area contributed by atoms with E-state index in [-0.39, 0.29) is 23.7 Å². The van der Waals surface area contributed by atoms with Gasteiger partial charge in [-0.05, 0) is 50.1 Å². The van der Waals surface area contributed by atoms with Gasteiger partial charge < -0.3 is 15.3 Å². The third-order valence-corrected chi connectivity index (χ3v) is 4.11. The summed E-state index contributed by atoms with van der Waals surface area (Å²) >= 11 is 0. The molecule has 2 heterocycles. The number of anilines is 1. The van der Waals surface area contributed by atoms with Crippen molar-refractivity contribution in [2.75, 3.05) is 5.32 Å². The Kier molecular flexibility index (Phi) is 3.97. The molecule has 0 unspecified atom stereocenters. The van der Waals surface area contributed by atoms with Gasteiger partial charge in [-0.1, -0.05) is 0 Å². The molecule has 0 radical (unpaired) electrons. The number of aryl methyl sites for hydroxylation is 3. The summed E-state index contributed by atoms with van der Waals surface area (Å²) in [7, 11) is 0. The molecule has 0 saturated heterocycles. The maximum Gasteiger partial charge on any atom is 0.248 e. The number of halogens is 1. The second kappa shape index (κ2) is 5.96. The van der Waals surface area contributed by atoms with Crippen LogP contribution in [-0.4, -0.2) is 15.9 Å². The highest BCUT2D eigenvalue weighted by Crippen LogP contribution is 2.24. The van der Waals surface area contributed by atoms with E-state index in [0.29, 0.717) is 22.3 Å². The topological polar surface area (TPSA) is 77.8 Å². The van der Waals surface area contributed by atoms with Gasteiger partial charge in [-0.15, -0.1) is 0 Å². The minimum absolute atomic E-state index is 0.118. The number of carbonyl (C=O) groups excluding carboxylic acids is 1. The molecule has 6 heteroatoms. The van der Waals surface area contributed by atoms with Gasteiger partial charge in [0.05, 0.1) is 12.1 Å². The zero-order valence-corrected chi connectivity index (χ0v) is 13.7. The summed E-state index contributed by atoms with van der Waals surface area (Å²) in [6.07, 6.45) is 0.118. The van der Waals surface area contributed by atoms with Crippen molar-refractivity contribution in [2.45, 2.75) is 27.2 Å². The number of hydrogen-bond donors (Lipinski definition) is 3. The van der Waals surface area contributed by atoms with Crippen molar-refractivity contribution < 1.29 is 9.18 Å². The van der Waals surface area contributed by atoms with Crippen molar-refractivity contribution in [3.63, 3.8) is 0 Å². The van der Waals surface area contributed by atoms with E-state index in [9.17, 15) is 14.0 Å². The number of amides is 1. The van der Waals surface area contributed by atoms with Crippen molar-refractivity contribution in [1.82, 2.24) is 9.97 Å². The van der Waals surface area contributed by atoms with Crippen LogP contribution in [0, 0.1) is 26.6 Å². The van der Waals surface area contributed by atoms with E-state index >= 15 is 0 Å². The Morgan fingerprint density at radius 3 is 2.58 bits per heavy atom. The number of pyridine rings is 1. The smallest absolute Gasteiger partial charge is 0.248 e. The largest absolute Gasteiger partial charge is 0.358 e. The van der Waals surface area contributed by atoms with Gasteiger partial charge in [0.15, 0.2) is 0 Å². The van der Waals surface area contributed by atoms with Crippen LogP contribution in [0.4, 0.5) is 10.1 Å². The Morgan fingerprint density at radius 1 is 1.12 bits per heavy atom. The number of aromatic nitrogens is 2. The van der Waals surface area contributed by atoms with E-state index in [0.717, 1.165) is 16.8 Å². The Balaban J connectivity index is 1.90. The summed E-state index contributed by atoms with van der Waals surface area (Å²) in [5, 5.41) is 3.54. The second-order valence-electron chi connectivity index (χ2n) is 5.96. The van der Waals surface area contributed by atoms with Crippen LogP contribution >= 0.6 is 0 Å². The van der Waals surface area contributed by atoms with Crippen LogP contribution in [0.15, 0.2) is 29.1 Å². The standard InChI is InChI=1S/C18H18FN3O2/c1-9-6-16(23)21-11(3)18(9)22-17(24)8-13-10(2)20-15-5-4-12(19)7-14(13)15/h4-7,20H,8H2,1-3H3,(H,21,23)(H,22,24). The second-order valence-corrected chi connectivity index (χ2v) is 5.96. The SMILES string of the molecule is Cc1cc(=O)[nH]c(C)c1NC(=O)Cc1c(C)[nH]c2ccc(F)cc12. The lowest BCUT2D eigenvalue weighted by Gasteiger charge is -2.11. The number of hydrogen-bond acceptors (Lipinski definition) is 2. The molecular weight excluding hydrogens is 309 g/mol. The van der Waals surface area contributed by atoms with Crippen molar-refractivity contribution in [2.24, 2.45) is 0 Å². The molecule has 0 bridgehead atoms. The Bertz CT molecular complexity index is 975. The Morgan fingerprint density at radius 2 is 1.88 bits per heavy atom. The highest BCUT2D eigenvalue weighted by Gasteiger charge is 2.15. The van der Waals surface area contributed by atoms with E-state index in [1.807, 2.05) is 6.92 Å². The van der Waals surface area contributed by atoms with Gasteiger partial charge in [0.2, 0.25) is 11.5 Å². The molecule has 24 heavy (non-hydrogen) atoms. The number of H-pyrrole nitrogens is 2. The molecule has 3 aromatic rings. The fourth-order valence-corrected chi connectivity index (χ4v) is 2.97. The van der Waals surface area contributed by atoms with Crippen LogP contribution in [0.25, 0.3) is 10.9 Å². The first-order chi connectivity index (χ1) is 11.3. The molecule has 0 atom stereocenters. The molecular formula is C18H18FN3O2. The molecule has 2 aromatic heterocycles. The summed E-state index contributed by atoms with van der Waals surface area (Å²) in [4.78, 5) is 29.7. The van der Waals surface area contributed by atoms with Crippen molar-refractivity contribution in [3.05, 3.63) is 63.0 Å².